The molecule has 0 saturated heterocycles. The van der Waals surface area contributed by atoms with Crippen LogP contribution in [0.25, 0.3) is 0 Å². The van der Waals surface area contributed by atoms with Gasteiger partial charge in [-0.15, -0.1) is 11.3 Å². The lowest BCUT2D eigenvalue weighted by Crippen LogP contribution is -2.25. The molecule has 0 saturated carbocycles. The first-order chi connectivity index (χ1) is 10.6. The van der Waals surface area contributed by atoms with E-state index in [1.807, 2.05) is 19.1 Å². The summed E-state index contributed by atoms with van der Waals surface area (Å²) < 4.78 is 6.38. The van der Waals surface area contributed by atoms with E-state index < -0.39 is 0 Å². The highest BCUT2D eigenvalue weighted by Crippen LogP contribution is 2.23. The number of halogens is 2. The summed E-state index contributed by atoms with van der Waals surface area (Å²) in [4.78, 5) is 12.8. The summed E-state index contributed by atoms with van der Waals surface area (Å²) in [5.74, 6) is 0.276. The Bertz CT molecular complexity index is 670. The summed E-state index contributed by atoms with van der Waals surface area (Å²) in [6, 6.07) is 10.7. The summed E-state index contributed by atoms with van der Waals surface area (Å²) in [5, 5.41) is 4.78. The molecule has 0 spiro atoms. The molecule has 0 aliphatic carbocycles. The second-order valence-corrected chi connectivity index (χ2v) is 7.19. The molecule has 4 nitrogen and oxygen atoms in total. The van der Waals surface area contributed by atoms with Crippen molar-refractivity contribution in [3.63, 3.8) is 0 Å². The average molecular weight is 402 g/mol. The zero-order chi connectivity index (χ0) is 15.9. The Labute approximate surface area is 146 Å². The lowest BCUT2D eigenvalue weighted by molar-refractivity contribution is -0.123. The quantitative estimate of drug-likeness (QED) is 0.573. The maximum atomic E-state index is 11.8. The van der Waals surface area contributed by atoms with E-state index in [0.29, 0.717) is 10.8 Å². The van der Waals surface area contributed by atoms with Gasteiger partial charge in [-0.1, -0.05) is 18.5 Å². The van der Waals surface area contributed by atoms with E-state index in [0.717, 1.165) is 20.8 Å². The molecular weight excluding hydrogens is 388 g/mol. The number of ether oxygens (including phenoxy) is 1. The topological polar surface area (TPSA) is 50.7 Å². The minimum absolute atomic E-state index is 0.101. The van der Waals surface area contributed by atoms with Crippen LogP contribution in [-0.2, 0) is 4.79 Å². The van der Waals surface area contributed by atoms with Crippen LogP contribution in [-0.4, -0.2) is 18.2 Å². The molecule has 0 aliphatic heterocycles. The van der Waals surface area contributed by atoms with Crippen molar-refractivity contribution < 1.29 is 9.53 Å². The van der Waals surface area contributed by atoms with Gasteiger partial charge < -0.3 is 4.74 Å². The van der Waals surface area contributed by atoms with Crippen molar-refractivity contribution in [3.05, 3.63) is 50.1 Å². The number of carbonyl (C=O) groups excluding carboxylic acids is 1. The van der Waals surface area contributed by atoms with Gasteiger partial charge in [0.25, 0.3) is 5.91 Å². The van der Waals surface area contributed by atoms with Crippen molar-refractivity contribution in [2.75, 3.05) is 6.61 Å². The molecule has 116 valence electrons. The van der Waals surface area contributed by atoms with E-state index in [1.165, 1.54) is 0 Å². The Hall–Kier alpha value is -1.37. The Morgan fingerprint density at radius 3 is 2.64 bits per heavy atom. The molecule has 0 bridgehead atoms. The third-order valence-electron chi connectivity index (χ3n) is 2.69. The van der Waals surface area contributed by atoms with E-state index in [9.17, 15) is 4.79 Å². The SMILES string of the molecule is CC/C(=N\NC(=O)COc1ccc(Cl)cc1)c1ccc(Br)s1. The van der Waals surface area contributed by atoms with E-state index in [1.54, 1.807) is 35.6 Å². The molecule has 2 rings (SSSR count). The average Bonchev–Trinajstić information content (AvgIpc) is 2.94. The number of hydrogen-bond donors (Lipinski definition) is 1. The third-order valence-corrected chi connectivity index (χ3v) is 4.62. The monoisotopic (exact) mass is 400 g/mol. The van der Waals surface area contributed by atoms with Crippen molar-refractivity contribution in [2.24, 2.45) is 5.10 Å². The first-order valence-corrected chi connectivity index (χ1v) is 8.56. The van der Waals surface area contributed by atoms with Gasteiger partial charge in [-0.25, -0.2) is 5.43 Å². The van der Waals surface area contributed by atoms with Crippen LogP contribution in [0.3, 0.4) is 0 Å². The van der Waals surface area contributed by atoms with Gasteiger partial charge in [0.15, 0.2) is 6.61 Å². The normalized spacial score (nSPS) is 11.3. The van der Waals surface area contributed by atoms with E-state index in [2.05, 4.69) is 26.5 Å². The van der Waals surface area contributed by atoms with E-state index in [-0.39, 0.29) is 12.5 Å². The maximum absolute atomic E-state index is 11.8. The molecule has 0 aliphatic rings. The predicted octanol–water partition coefficient (Wildman–Crippen LogP) is 4.47. The Morgan fingerprint density at radius 1 is 1.32 bits per heavy atom. The van der Waals surface area contributed by atoms with Gasteiger partial charge in [-0.05, 0) is 58.7 Å². The first-order valence-electron chi connectivity index (χ1n) is 6.58. The minimum Gasteiger partial charge on any atom is -0.484 e. The van der Waals surface area contributed by atoms with Gasteiger partial charge in [0.1, 0.15) is 5.75 Å². The summed E-state index contributed by atoms with van der Waals surface area (Å²) in [7, 11) is 0. The second-order valence-electron chi connectivity index (χ2n) is 4.29. The fourth-order valence-electron chi connectivity index (χ4n) is 1.62. The highest BCUT2D eigenvalue weighted by molar-refractivity contribution is 9.11. The van der Waals surface area contributed by atoms with Crippen LogP contribution in [0.2, 0.25) is 5.02 Å². The zero-order valence-electron chi connectivity index (χ0n) is 11.8. The van der Waals surface area contributed by atoms with Gasteiger partial charge in [-0.3, -0.25) is 4.79 Å². The van der Waals surface area contributed by atoms with Crippen LogP contribution in [0.4, 0.5) is 0 Å². The first kappa shape index (κ1) is 17.0. The molecule has 0 atom stereocenters. The molecule has 1 amide bonds. The maximum Gasteiger partial charge on any atom is 0.277 e. The fraction of sp³-hybridized carbons (Fsp3) is 0.200. The van der Waals surface area contributed by atoms with Gasteiger partial charge in [-0.2, -0.15) is 5.10 Å². The van der Waals surface area contributed by atoms with Crippen molar-refractivity contribution in [3.8, 4) is 5.75 Å². The Balaban J connectivity index is 1.88. The van der Waals surface area contributed by atoms with Crippen molar-refractivity contribution in [1.82, 2.24) is 5.43 Å². The molecule has 1 N–H and O–H groups in total. The largest absolute Gasteiger partial charge is 0.484 e. The molecule has 1 aromatic heterocycles. The number of benzene rings is 1. The number of carbonyl (C=O) groups is 1. The van der Waals surface area contributed by atoms with Crippen LogP contribution in [0.5, 0.6) is 5.75 Å². The van der Waals surface area contributed by atoms with Crippen molar-refractivity contribution >= 4 is 50.5 Å². The molecule has 22 heavy (non-hydrogen) atoms. The van der Waals surface area contributed by atoms with Crippen LogP contribution >= 0.6 is 38.9 Å². The summed E-state index contributed by atoms with van der Waals surface area (Å²) in [6.07, 6.45) is 0.727. The third kappa shape index (κ3) is 5.12. The van der Waals surface area contributed by atoms with E-state index >= 15 is 0 Å². The van der Waals surface area contributed by atoms with Gasteiger partial charge in [0.2, 0.25) is 0 Å². The van der Waals surface area contributed by atoms with E-state index in [4.69, 9.17) is 16.3 Å². The highest BCUT2D eigenvalue weighted by Gasteiger charge is 2.07. The standard InChI is InChI=1S/C15H14BrClN2O2S/c1-2-12(13-7-8-14(16)22-13)18-19-15(20)9-21-11-5-3-10(17)4-6-11/h3-8H,2,9H2,1H3,(H,19,20)/b18-12+. The number of amides is 1. The van der Waals surface area contributed by atoms with Gasteiger partial charge in [0, 0.05) is 5.02 Å². The van der Waals surface area contributed by atoms with Gasteiger partial charge >= 0.3 is 0 Å². The number of nitrogens with one attached hydrogen (secondary N) is 1. The minimum atomic E-state index is -0.309. The molecule has 1 heterocycles. The smallest absolute Gasteiger partial charge is 0.277 e. The van der Waals surface area contributed by atoms with Crippen LogP contribution in [0, 0.1) is 0 Å². The number of thiophene rings is 1. The molecule has 1 aromatic carbocycles. The van der Waals surface area contributed by atoms with Gasteiger partial charge in [0.05, 0.1) is 14.4 Å². The van der Waals surface area contributed by atoms with Crippen molar-refractivity contribution in [2.45, 2.75) is 13.3 Å². The van der Waals surface area contributed by atoms with Crippen LogP contribution in [0.1, 0.15) is 18.2 Å². The lowest BCUT2D eigenvalue weighted by Gasteiger charge is -2.06. The highest BCUT2D eigenvalue weighted by atomic mass is 79.9. The molecular formula is C15H14BrClN2O2S. The molecule has 0 unspecified atom stereocenters. The molecule has 0 radical (unpaired) electrons. The molecule has 2 aromatic rings. The summed E-state index contributed by atoms with van der Waals surface area (Å²) >= 11 is 10.8. The lowest BCUT2D eigenvalue weighted by atomic mass is 10.2. The number of rotatable bonds is 6. The number of nitrogens with zero attached hydrogens (tertiary/aromatic N) is 1. The van der Waals surface area contributed by atoms with Crippen molar-refractivity contribution in [1.29, 1.82) is 0 Å². The molecule has 0 fully saturated rings. The molecule has 7 heteroatoms. The number of hydrazone groups is 1. The summed E-state index contributed by atoms with van der Waals surface area (Å²) in [6.45, 7) is 1.89. The van der Waals surface area contributed by atoms with Crippen LogP contribution in [0.15, 0.2) is 45.3 Å². The Kier molecular flexibility index (Phi) is 6.42. The Morgan fingerprint density at radius 2 is 2.05 bits per heavy atom. The predicted molar refractivity (Wildman–Crippen MR) is 93.9 cm³/mol. The second kappa shape index (κ2) is 8.31. The summed E-state index contributed by atoms with van der Waals surface area (Å²) in [5.41, 5.74) is 3.34. The zero-order valence-corrected chi connectivity index (χ0v) is 15.0. The fourth-order valence-corrected chi connectivity index (χ4v) is 3.19. The number of hydrogen-bond acceptors (Lipinski definition) is 4. The van der Waals surface area contributed by atoms with Crippen LogP contribution < -0.4 is 10.2 Å².